The van der Waals surface area contributed by atoms with Crippen LogP contribution in [0, 0.1) is 6.92 Å². The first-order valence-corrected chi connectivity index (χ1v) is 9.81. The number of aryl methyl sites for hydroxylation is 2. The van der Waals surface area contributed by atoms with Crippen LogP contribution in [0.2, 0.25) is 0 Å². The van der Waals surface area contributed by atoms with Crippen molar-refractivity contribution >= 4 is 28.6 Å². The number of fused-ring (bicyclic) bond motifs is 1. The third kappa shape index (κ3) is 3.76. The SMILES string of the molecule is COc1ccc(NC(=O)Cn2c(N3CCOCC3)nc3cc(C)n(C)c3c2=O)cc1. The van der Waals surface area contributed by atoms with Gasteiger partial charge in [-0.25, -0.2) is 4.98 Å². The maximum atomic E-state index is 13.3. The molecule has 0 radical (unpaired) electrons. The highest BCUT2D eigenvalue weighted by molar-refractivity contribution is 5.91. The quantitative estimate of drug-likeness (QED) is 0.685. The zero-order valence-electron chi connectivity index (χ0n) is 17.3. The molecule has 158 valence electrons. The van der Waals surface area contributed by atoms with E-state index in [0.29, 0.717) is 54.7 Å². The Balaban J connectivity index is 1.69. The number of morpholine rings is 1. The fourth-order valence-electron chi connectivity index (χ4n) is 3.60. The second-order valence-corrected chi connectivity index (χ2v) is 7.26. The van der Waals surface area contributed by atoms with Crippen molar-refractivity contribution in [3.8, 4) is 5.75 Å². The number of aromatic nitrogens is 3. The fourth-order valence-corrected chi connectivity index (χ4v) is 3.60. The highest BCUT2D eigenvalue weighted by Crippen LogP contribution is 2.20. The van der Waals surface area contributed by atoms with Crippen LogP contribution in [0.4, 0.5) is 11.6 Å². The summed E-state index contributed by atoms with van der Waals surface area (Å²) in [6.07, 6.45) is 0. The van der Waals surface area contributed by atoms with E-state index >= 15 is 0 Å². The fraction of sp³-hybridized carbons (Fsp3) is 0.381. The minimum absolute atomic E-state index is 0.134. The predicted molar refractivity (Wildman–Crippen MR) is 114 cm³/mol. The Labute approximate surface area is 173 Å². The van der Waals surface area contributed by atoms with Crippen molar-refractivity contribution in [2.24, 2.45) is 7.05 Å². The molecule has 3 heterocycles. The highest BCUT2D eigenvalue weighted by atomic mass is 16.5. The van der Waals surface area contributed by atoms with Crippen LogP contribution in [0.1, 0.15) is 5.69 Å². The monoisotopic (exact) mass is 411 g/mol. The number of anilines is 2. The van der Waals surface area contributed by atoms with Crippen LogP contribution >= 0.6 is 0 Å². The Hall–Kier alpha value is -3.33. The molecule has 0 bridgehead atoms. The lowest BCUT2D eigenvalue weighted by Gasteiger charge is -2.29. The van der Waals surface area contributed by atoms with Crippen LogP contribution in [-0.2, 0) is 23.1 Å². The van der Waals surface area contributed by atoms with Crippen LogP contribution in [0.25, 0.3) is 11.0 Å². The van der Waals surface area contributed by atoms with Crippen LogP contribution in [-0.4, -0.2) is 53.4 Å². The summed E-state index contributed by atoms with van der Waals surface area (Å²) < 4.78 is 13.8. The van der Waals surface area contributed by atoms with E-state index in [-0.39, 0.29) is 18.0 Å². The molecule has 1 saturated heterocycles. The molecule has 0 atom stereocenters. The molecule has 1 fully saturated rings. The molecular formula is C21H25N5O4. The Morgan fingerprint density at radius 1 is 1.23 bits per heavy atom. The summed E-state index contributed by atoms with van der Waals surface area (Å²) >= 11 is 0. The molecule has 1 aliphatic heterocycles. The number of amides is 1. The zero-order valence-corrected chi connectivity index (χ0v) is 17.3. The van der Waals surface area contributed by atoms with Crippen LogP contribution in [0.3, 0.4) is 0 Å². The predicted octanol–water partition coefficient (Wildman–Crippen LogP) is 1.53. The molecule has 0 spiro atoms. The molecule has 0 saturated carbocycles. The third-order valence-corrected chi connectivity index (χ3v) is 5.33. The normalized spacial score (nSPS) is 14.2. The molecule has 30 heavy (non-hydrogen) atoms. The van der Waals surface area contributed by atoms with Gasteiger partial charge in [0.05, 0.1) is 25.8 Å². The van der Waals surface area contributed by atoms with Crippen molar-refractivity contribution in [2.45, 2.75) is 13.5 Å². The summed E-state index contributed by atoms with van der Waals surface area (Å²) in [6, 6.07) is 8.93. The average molecular weight is 411 g/mol. The zero-order chi connectivity index (χ0) is 21.3. The summed E-state index contributed by atoms with van der Waals surface area (Å²) in [5.74, 6) is 0.891. The number of rotatable bonds is 5. The maximum Gasteiger partial charge on any atom is 0.279 e. The maximum absolute atomic E-state index is 13.3. The van der Waals surface area contributed by atoms with Gasteiger partial charge in [0.15, 0.2) is 0 Å². The first-order valence-electron chi connectivity index (χ1n) is 9.81. The Kier molecular flexibility index (Phi) is 5.45. The summed E-state index contributed by atoms with van der Waals surface area (Å²) in [5.41, 5.74) is 2.45. The van der Waals surface area contributed by atoms with E-state index in [0.717, 1.165) is 5.69 Å². The molecule has 3 aromatic rings. The van der Waals surface area contributed by atoms with Crippen LogP contribution in [0.15, 0.2) is 35.1 Å². The van der Waals surface area contributed by atoms with E-state index in [9.17, 15) is 9.59 Å². The summed E-state index contributed by atoms with van der Waals surface area (Å²) in [5, 5.41) is 2.83. The molecule has 9 heteroatoms. The molecule has 1 aliphatic rings. The summed E-state index contributed by atoms with van der Waals surface area (Å²) in [4.78, 5) is 32.8. The number of benzene rings is 1. The second-order valence-electron chi connectivity index (χ2n) is 7.26. The number of hydrogen-bond donors (Lipinski definition) is 1. The smallest absolute Gasteiger partial charge is 0.279 e. The van der Waals surface area contributed by atoms with E-state index in [2.05, 4.69) is 5.32 Å². The molecule has 4 rings (SSSR count). The Bertz CT molecular complexity index is 1130. The number of nitrogens with one attached hydrogen (secondary N) is 1. The minimum atomic E-state index is -0.302. The minimum Gasteiger partial charge on any atom is -0.497 e. The first kappa shape index (κ1) is 20.0. The Morgan fingerprint density at radius 2 is 1.93 bits per heavy atom. The van der Waals surface area contributed by atoms with E-state index in [1.165, 1.54) is 4.57 Å². The van der Waals surface area contributed by atoms with Crippen LogP contribution in [0.5, 0.6) is 5.75 Å². The van der Waals surface area contributed by atoms with Gasteiger partial charge in [-0.1, -0.05) is 0 Å². The van der Waals surface area contributed by atoms with Crippen molar-refractivity contribution in [2.75, 3.05) is 43.6 Å². The molecule has 0 unspecified atom stereocenters. The molecule has 9 nitrogen and oxygen atoms in total. The molecular weight excluding hydrogens is 386 g/mol. The van der Waals surface area contributed by atoms with Gasteiger partial charge in [-0.15, -0.1) is 0 Å². The molecule has 1 aromatic carbocycles. The number of carbonyl (C=O) groups is 1. The molecule has 0 aliphatic carbocycles. The van der Waals surface area contributed by atoms with Gasteiger partial charge in [0.2, 0.25) is 11.9 Å². The van der Waals surface area contributed by atoms with Crippen molar-refractivity contribution in [1.29, 1.82) is 0 Å². The summed E-state index contributed by atoms with van der Waals surface area (Å²) in [7, 11) is 3.42. The molecule has 1 N–H and O–H groups in total. The van der Waals surface area contributed by atoms with Gasteiger partial charge < -0.3 is 24.3 Å². The van der Waals surface area contributed by atoms with Gasteiger partial charge >= 0.3 is 0 Å². The van der Waals surface area contributed by atoms with Gasteiger partial charge in [0, 0.05) is 31.5 Å². The second kappa shape index (κ2) is 8.19. The van der Waals surface area contributed by atoms with Gasteiger partial charge in [0.25, 0.3) is 5.56 Å². The lowest BCUT2D eigenvalue weighted by Crippen LogP contribution is -2.42. The van der Waals surface area contributed by atoms with Crippen molar-refractivity contribution < 1.29 is 14.3 Å². The number of nitrogens with zero attached hydrogens (tertiary/aromatic N) is 4. The first-order chi connectivity index (χ1) is 14.5. The van der Waals surface area contributed by atoms with Gasteiger partial charge in [-0.2, -0.15) is 0 Å². The highest BCUT2D eigenvalue weighted by Gasteiger charge is 2.22. The summed E-state index contributed by atoms with van der Waals surface area (Å²) in [6.45, 7) is 4.13. The standard InChI is InChI=1S/C21H25N5O4/c1-14-12-17-19(24(14)2)20(28)26(21(23-17)25-8-10-30-11-9-25)13-18(27)22-15-4-6-16(29-3)7-5-15/h4-7,12H,8-11,13H2,1-3H3,(H,22,27). The van der Waals surface area contributed by atoms with Crippen molar-refractivity contribution in [3.05, 3.63) is 46.4 Å². The number of hydrogen-bond acceptors (Lipinski definition) is 6. The topological polar surface area (TPSA) is 90.6 Å². The lowest BCUT2D eigenvalue weighted by atomic mass is 10.3. The van der Waals surface area contributed by atoms with E-state index in [1.807, 2.05) is 29.5 Å². The largest absolute Gasteiger partial charge is 0.497 e. The van der Waals surface area contributed by atoms with Gasteiger partial charge in [-0.3, -0.25) is 14.2 Å². The van der Waals surface area contributed by atoms with Crippen molar-refractivity contribution in [3.63, 3.8) is 0 Å². The number of methoxy groups -OCH3 is 1. The molecule has 1 amide bonds. The number of ether oxygens (including phenoxy) is 2. The van der Waals surface area contributed by atoms with Gasteiger partial charge in [0.1, 0.15) is 17.8 Å². The van der Waals surface area contributed by atoms with Crippen LogP contribution < -0.4 is 20.5 Å². The lowest BCUT2D eigenvalue weighted by molar-refractivity contribution is -0.116. The van der Waals surface area contributed by atoms with E-state index in [4.69, 9.17) is 14.5 Å². The Morgan fingerprint density at radius 3 is 2.60 bits per heavy atom. The number of carbonyl (C=O) groups excluding carboxylic acids is 1. The average Bonchev–Trinajstić information content (AvgIpc) is 3.05. The van der Waals surface area contributed by atoms with Gasteiger partial charge in [-0.05, 0) is 37.3 Å². The third-order valence-electron chi connectivity index (χ3n) is 5.33. The van der Waals surface area contributed by atoms with E-state index < -0.39 is 0 Å². The van der Waals surface area contributed by atoms with E-state index in [1.54, 1.807) is 31.4 Å². The van der Waals surface area contributed by atoms with Crippen molar-refractivity contribution in [1.82, 2.24) is 14.1 Å². The molecule has 2 aromatic heterocycles.